The molecule has 2 aromatic carbocycles. The van der Waals surface area contributed by atoms with E-state index in [1.165, 1.54) is 6.08 Å². The van der Waals surface area contributed by atoms with Gasteiger partial charge in [0.25, 0.3) is 0 Å². The van der Waals surface area contributed by atoms with Crippen molar-refractivity contribution in [2.75, 3.05) is 0 Å². The highest BCUT2D eigenvalue weighted by molar-refractivity contribution is 6.30. The van der Waals surface area contributed by atoms with E-state index in [2.05, 4.69) is 0 Å². The summed E-state index contributed by atoms with van der Waals surface area (Å²) in [6.07, 6.45) is 1.54. The maximum absolute atomic E-state index is 5.90. The number of benzene rings is 2. The monoisotopic (exact) mass is 243 g/mol. The third-order valence-electron chi connectivity index (χ3n) is 2.38. The van der Waals surface area contributed by atoms with E-state index >= 15 is 0 Å². The van der Waals surface area contributed by atoms with Crippen LogP contribution in [0.4, 0.5) is 0 Å². The van der Waals surface area contributed by atoms with Crippen molar-refractivity contribution in [1.82, 2.24) is 0 Å². The van der Waals surface area contributed by atoms with Crippen molar-refractivity contribution in [1.29, 1.82) is 0 Å². The minimum absolute atomic E-state index is 0.478. The summed E-state index contributed by atoms with van der Waals surface area (Å²) >= 11 is 5.90. The van der Waals surface area contributed by atoms with Crippen molar-refractivity contribution in [2.24, 2.45) is 0 Å². The highest BCUT2D eigenvalue weighted by Gasteiger charge is 2.00. The van der Waals surface area contributed by atoms with Crippen LogP contribution in [0.15, 0.2) is 48.5 Å². The highest BCUT2D eigenvalue weighted by Crippen LogP contribution is 2.20. The van der Waals surface area contributed by atoms with Crippen molar-refractivity contribution < 1.29 is 4.74 Å². The second-order valence-corrected chi connectivity index (χ2v) is 4.06. The van der Waals surface area contributed by atoms with E-state index in [1.807, 2.05) is 48.5 Å². The van der Waals surface area contributed by atoms with Crippen LogP contribution in [0, 0.1) is 6.58 Å². The van der Waals surface area contributed by atoms with Gasteiger partial charge in [-0.15, -0.1) is 0 Å². The van der Waals surface area contributed by atoms with Gasteiger partial charge in [0.05, 0.1) is 0 Å². The molecule has 0 N–H and O–H groups in total. The molecule has 0 atom stereocenters. The fourth-order valence-corrected chi connectivity index (χ4v) is 1.75. The second-order valence-electron chi connectivity index (χ2n) is 3.62. The average molecular weight is 244 g/mol. The van der Waals surface area contributed by atoms with Gasteiger partial charge < -0.3 is 4.74 Å². The minimum Gasteiger partial charge on any atom is -0.488 e. The fourth-order valence-electron chi connectivity index (χ4n) is 1.54. The molecular weight excluding hydrogens is 232 g/mol. The number of hydrogen-bond acceptors (Lipinski definition) is 1. The minimum atomic E-state index is 0.478. The Morgan fingerprint density at radius 3 is 2.71 bits per heavy atom. The van der Waals surface area contributed by atoms with E-state index in [0.717, 1.165) is 16.9 Å². The number of para-hydroxylation sites is 1. The summed E-state index contributed by atoms with van der Waals surface area (Å²) in [7, 11) is 0. The van der Waals surface area contributed by atoms with Gasteiger partial charge in [0.2, 0.25) is 0 Å². The molecule has 0 saturated heterocycles. The van der Waals surface area contributed by atoms with E-state index < -0.39 is 0 Å². The Hall–Kier alpha value is -1.73. The van der Waals surface area contributed by atoms with E-state index in [9.17, 15) is 0 Å². The van der Waals surface area contributed by atoms with Crippen LogP contribution in [-0.2, 0) is 6.61 Å². The lowest BCUT2D eigenvalue weighted by Gasteiger charge is -2.09. The van der Waals surface area contributed by atoms with Gasteiger partial charge in [-0.1, -0.05) is 54.6 Å². The van der Waals surface area contributed by atoms with Crippen LogP contribution in [0.3, 0.4) is 0 Å². The summed E-state index contributed by atoms with van der Waals surface area (Å²) in [6, 6.07) is 15.2. The van der Waals surface area contributed by atoms with Gasteiger partial charge in [-0.25, -0.2) is 0 Å². The summed E-state index contributed by atoms with van der Waals surface area (Å²) in [5.74, 6) is 0.773. The van der Waals surface area contributed by atoms with Gasteiger partial charge in [-0.05, 0) is 23.8 Å². The van der Waals surface area contributed by atoms with Crippen LogP contribution < -0.4 is 4.74 Å². The summed E-state index contributed by atoms with van der Waals surface area (Å²) < 4.78 is 5.70. The predicted octanol–water partition coefficient (Wildman–Crippen LogP) is 4.37. The first-order valence-electron chi connectivity index (χ1n) is 5.31. The van der Waals surface area contributed by atoms with E-state index in [1.54, 1.807) is 0 Å². The van der Waals surface area contributed by atoms with Crippen molar-refractivity contribution >= 4 is 17.7 Å². The maximum atomic E-state index is 5.90. The molecule has 2 heteroatoms. The first-order chi connectivity index (χ1) is 8.29. The van der Waals surface area contributed by atoms with Gasteiger partial charge >= 0.3 is 0 Å². The van der Waals surface area contributed by atoms with Crippen LogP contribution in [0.2, 0.25) is 5.02 Å². The number of rotatable bonds is 4. The molecule has 0 aliphatic carbocycles. The Labute approximate surface area is 106 Å². The summed E-state index contributed by atoms with van der Waals surface area (Å²) in [6.45, 7) is 6.00. The molecule has 0 fully saturated rings. The fraction of sp³-hybridized carbons (Fsp3) is 0.0667. The van der Waals surface area contributed by atoms with Gasteiger partial charge in [0.1, 0.15) is 12.4 Å². The number of hydrogen-bond donors (Lipinski definition) is 0. The molecule has 85 valence electrons. The summed E-state index contributed by atoms with van der Waals surface area (Å²) in [5.41, 5.74) is 1.92. The van der Waals surface area contributed by atoms with Crippen LogP contribution in [-0.4, -0.2) is 0 Å². The first kappa shape index (κ1) is 11.7. The topological polar surface area (TPSA) is 9.23 Å². The Morgan fingerprint density at radius 2 is 1.94 bits per heavy atom. The standard InChI is InChI=1S/C15H12ClO/c1-2-13-7-3-4-9-15(13)17-11-12-6-5-8-14(16)10-12/h1-10H,11H2. The second kappa shape index (κ2) is 5.55. The van der Waals surface area contributed by atoms with Gasteiger partial charge in [0, 0.05) is 10.6 Å². The van der Waals surface area contributed by atoms with Crippen LogP contribution in [0.1, 0.15) is 11.1 Å². The van der Waals surface area contributed by atoms with E-state index in [-0.39, 0.29) is 0 Å². The average Bonchev–Trinajstić information content (AvgIpc) is 2.37. The van der Waals surface area contributed by atoms with Gasteiger partial charge in [0.15, 0.2) is 0 Å². The lowest BCUT2D eigenvalue weighted by atomic mass is 10.2. The normalized spacial score (nSPS) is 9.94. The Bertz CT molecular complexity index is 520. The molecule has 1 nitrogen and oxygen atoms in total. The molecule has 0 spiro atoms. The Balaban J connectivity index is 2.09. The first-order valence-corrected chi connectivity index (χ1v) is 5.68. The van der Waals surface area contributed by atoms with Crippen molar-refractivity contribution in [3.63, 3.8) is 0 Å². The lowest BCUT2D eigenvalue weighted by molar-refractivity contribution is 0.305. The zero-order valence-corrected chi connectivity index (χ0v) is 10.0. The molecule has 0 unspecified atom stereocenters. The van der Waals surface area contributed by atoms with Crippen LogP contribution in [0.25, 0.3) is 6.08 Å². The third kappa shape index (κ3) is 3.11. The molecule has 2 aromatic rings. The smallest absolute Gasteiger partial charge is 0.127 e. The Kier molecular flexibility index (Phi) is 3.84. The molecule has 0 bridgehead atoms. The molecule has 0 saturated carbocycles. The molecule has 17 heavy (non-hydrogen) atoms. The van der Waals surface area contributed by atoms with Crippen molar-refractivity contribution in [2.45, 2.75) is 6.61 Å². The predicted molar refractivity (Wildman–Crippen MR) is 71.0 cm³/mol. The van der Waals surface area contributed by atoms with Crippen LogP contribution >= 0.6 is 11.6 Å². The zero-order chi connectivity index (χ0) is 12.1. The van der Waals surface area contributed by atoms with Crippen molar-refractivity contribution in [3.05, 3.63) is 71.3 Å². The number of ether oxygens (including phenoxy) is 1. The molecular formula is C15H12ClO. The van der Waals surface area contributed by atoms with E-state index in [0.29, 0.717) is 11.6 Å². The SMILES string of the molecule is [CH]=Cc1ccccc1OCc1cccc(Cl)c1. The summed E-state index contributed by atoms with van der Waals surface area (Å²) in [4.78, 5) is 0. The zero-order valence-electron chi connectivity index (χ0n) is 9.27. The summed E-state index contributed by atoms with van der Waals surface area (Å²) in [5, 5.41) is 0.713. The lowest BCUT2D eigenvalue weighted by Crippen LogP contribution is -1.96. The molecule has 0 aliphatic heterocycles. The molecule has 2 rings (SSSR count). The molecule has 1 radical (unpaired) electrons. The highest BCUT2D eigenvalue weighted by atomic mass is 35.5. The molecule has 0 aromatic heterocycles. The maximum Gasteiger partial charge on any atom is 0.127 e. The van der Waals surface area contributed by atoms with Gasteiger partial charge in [-0.2, -0.15) is 0 Å². The molecule has 0 aliphatic rings. The Morgan fingerprint density at radius 1 is 1.12 bits per heavy atom. The molecule has 0 amide bonds. The van der Waals surface area contributed by atoms with Gasteiger partial charge in [-0.3, -0.25) is 0 Å². The molecule has 0 heterocycles. The van der Waals surface area contributed by atoms with Crippen LogP contribution in [0.5, 0.6) is 5.75 Å². The largest absolute Gasteiger partial charge is 0.488 e. The third-order valence-corrected chi connectivity index (χ3v) is 2.62. The van der Waals surface area contributed by atoms with Crippen molar-refractivity contribution in [3.8, 4) is 5.75 Å². The quantitative estimate of drug-likeness (QED) is 0.775. The van der Waals surface area contributed by atoms with E-state index in [4.69, 9.17) is 22.9 Å². The number of halogens is 1.